The molecule has 2 amide bonds. The molecule has 2 saturated carbocycles. The van der Waals surface area contributed by atoms with Gasteiger partial charge in [0.15, 0.2) is 0 Å². The van der Waals surface area contributed by atoms with Crippen molar-refractivity contribution in [2.75, 3.05) is 0 Å². The van der Waals surface area contributed by atoms with Crippen molar-refractivity contribution in [1.29, 1.82) is 0 Å². The zero-order valence-corrected chi connectivity index (χ0v) is 9.58. The number of fused-ring (bicyclic) bond motifs is 1. The average Bonchev–Trinajstić information content (AvgIpc) is 2.64. The molecule has 0 saturated heterocycles. The van der Waals surface area contributed by atoms with E-state index in [0.717, 1.165) is 24.0 Å². The maximum atomic E-state index is 10.6. The summed E-state index contributed by atoms with van der Waals surface area (Å²) in [4.78, 5) is 10.6. The number of nitrogens with one attached hydrogen (secondary N) is 1. The topological polar surface area (TPSA) is 67.5 Å². The van der Waals surface area contributed by atoms with E-state index in [0.29, 0.717) is 11.3 Å². The Hall–Kier alpha value is -1.06. The maximum Gasteiger partial charge on any atom is 0.332 e. The molecule has 0 unspecified atom stereocenters. The summed E-state index contributed by atoms with van der Waals surface area (Å²) in [6.45, 7) is 6.81. The minimum absolute atomic E-state index is 0.470. The first-order valence-corrected chi connectivity index (χ1v) is 5.55. The fourth-order valence-corrected chi connectivity index (χ4v) is 2.96. The van der Waals surface area contributed by atoms with Gasteiger partial charge in [-0.25, -0.2) is 10.2 Å². The highest BCUT2D eigenvalue weighted by molar-refractivity contribution is 5.89. The van der Waals surface area contributed by atoms with E-state index >= 15 is 0 Å². The average molecular weight is 209 g/mol. The lowest BCUT2D eigenvalue weighted by Crippen LogP contribution is -2.28. The summed E-state index contributed by atoms with van der Waals surface area (Å²) in [6, 6.07) is -0.577. The smallest absolute Gasteiger partial charge is 0.332 e. The molecule has 3 atom stereocenters. The Morgan fingerprint density at radius 2 is 2.20 bits per heavy atom. The van der Waals surface area contributed by atoms with Crippen LogP contribution in [0.3, 0.4) is 0 Å². The molecule has 4 nitrogen and oxygen atoms in total. The molecule has 2 aliphatic rings. The monoisotopic (exact) mass is 209 g/mol. The van der Waals surface area contributed by atoms with E-state index in [-0.39, 0.29) is 0 Å². The number of carbonyl (C=O) groups is 1. The van der Waals surface area contributed by atoms with Crippen molar-refractivity contribution in [2.24, 2.45) is 34.0 Å². The summed E-state index contributed by atoms with van der Waals surface area (Å²) >= 11 is 0. The summed E-state index contributed by atoms with van der Waals surface area (Å²) < 4.78 is 0. The molecule has 2 aliphatic carbocycles. The molecule has 0 heterocycles. The molecule has 3 N–H and O–H groups in total. The van der Waals surface area contributed by atoms with Crippen LogP contribution in [-0.2, 0) is 0 Å². The highest BCUT2D eigenvalue weighted by Gasteiger charge is 2.60. The molecule has 15 heavy (non-hydrogen) atoms. The highest BCUT2D eigenvalue weighted by atomic mass is 16.2. The molecular formula is C11H19N3O. The predicted octanol–water partition coefficient (Wildman–Crippen LogP) is 1.71. The Balaban J connectivity index is 2.03. The van der Waals surface area contributed by atoms with Crippen LogP contribution in [0.5, 0.6) is 0 Å². The van der Waals surface area contributed by atoms with E-state index in [9.17, 15) is 4.79 Å². The number of rotatable bonds is 1. The van der Waals surface area contributed by atoms with Gasteiger partial charge in [0, 0.05) is 5.71 Å². The number of nitrogens with zero attached hydrogens (tertiary/aromatic N) is 1. The fraction of sp³-hybridized carbons (Fsp3) is 0.818. The van der Waals surface area contributed by atoms with Crippen molar-refractivity contribution in [3.63, 3.8) is 0 Å². The van der Waals surface area contributed by atoms with Crippen molar-refractivity contribution in [2.45, 2.75) is 33.6 Å². The van der Waals surface area contributed by atoms with Gasteiger partial charge in [0.2, 0.25) is 0 Å². The third kappa shape index (κ3) is 1.73. The second-order valence-electron chi connectivity index (χ2n) is 5.45. The van der Waals surface area contributed by atoms with Gasteiger partial charge in [-0.05, 0) is 36.0 Å². The van der Waals surface area contributed by atoms with Gasteiger partial charge < -0.3 is 5.73 Å². The van der Waals surface area contributed by atoms with E-state index in [2.05, 4.69) is 31.3 Å². The van der Waals surface area contributed by atoms with Gasteiger partial charge in [-0.1, -0.05) is 20.8 Å². The number of nitrogens with two attached hydrogens (primary N) is 1. The summed E-state index contributed by atoms with van der Waals surface area (Å²) in [6.07, 6.45) is 2.20. The highest BCUT2D eigenvalue weighted by Crippen LogP contribution is 2.65. The van der Waals surface area contributed by atoms with Gasteiger partial charge in [0.1, 0.15) is 0 Å². The molecule has 0 aliphatic heterocycles. The van der Waals surface area contributed by atoms with Gasteiger partial charge in [-0.15, -0.1) is 0 Å². The first-order valence-electron chi connectivity index (χ1n) is 5.55. The summed E-state index contributed by atoms with van der Waals surface area (Å²) in [5.41, 5.74) is 8.90. The summed E-state index contributed by atoms with van der Waals surface area (Å²) in [5.74, 6) is 2.07. The Bertz CT molecular complexity index is 322. The number of hydrazone groups is 1. The van der Waals surface area contributed by atoms with Crippen molar-refractivity contribution in [3.8, 4) is 0 Å². The Labute approximate surface area is 90.3 Å². The fourth-order valence-electron chi connectivity index (χ4n) is 2.96. The van der Waals surface area contributed by atoms with E-state index in [1.807, 2.05) is 0 Å². The molecule has 84 valence electrons. The zero-order chi connectivity index (χ0) is 11.2. The van der Waals surface area contributed by atoms with Gasteiger partial charge in [0.25, 0.3) is 0 Å². The SMILES string of the molecule is C[C@@H]1C[C@H]2[C@@H](C/C1=N/NC(N)=O)C2(C)C. The molecule has 0 spiro atoms. The van der Waals surface area contributed by atoms with E-state index in [1.54, 1.807) is 0 Å². The maximum absolute atomic E-state index is 10.6. The molecule has 4 heteroatoms. The lowest BCUT2D eigenvalue weighted by molar-refractivity contribution is 0.249. The van der Waals surface area contributed by atoms with Crippen LogP contribution in [0.15, 0.2) is 5.10 Å². The van der Waals surface area contributed by atoms with Crippen molar-refractivity contribution >= 4 is 11.7 Å². The molecule has 0 aromatic rings. The third-order valence-electron chi connectivity index (χ3n) is 4.20. The molecule has 0 bridgehead atoms. The minimum atomic E-state index is -0.577. The van der Waals surface area contributed by atoms with E-state index in [4.69, 9.17) is 5.73 Å². The molecule has 2 rings (SSSR count). The molecular weight excluding hydrogens is 190 g/mol. The number of primary amides is 1. The van der Waals surface area contributed by atoms with Crippen LogP contribution in [-0.4, -0.2) is 11.7 Å². The van der Waals surface area contributed by atoms with Crippen LogP contribution in [0.2, 0.25) is 0 Å². The van der Waals surface area contributed by atoms with Gasteiger partial charge in [-0.3, -0.25) is 0 Å². The van der Waals surface area contributed by atoms with E-state index < -0.39 is 6.03 Å². The van der Waals surface area contributed by atoms with Crippen molar-refractivity contribution < 1.29 is 4.79 Å². The van der Waals surface area contributed by atoms with E-state index in [1.165, 1.54) is 6.42 Å². The molecule has 2 fully saturated rings. The normalized spacial score (nSPS) is 39.7. The van der Waals surface area contributed by atoms with Crippen LogP contribution in [0.1, 0.15) is 33.6 Å². The number of hydrogen-bond donors (Lipinski definition) is 2. The quantitative estimate of drug-likeness (QED) is 0.634. The number of hydrogen-bond acceptors (Lipinski definition) is 2. The Kier molecular flexibility index (Phi) is 2.24. The van der Waals surface area contributed by atoms with Crippen molar-refractivity contribution in [1.82, 2.24) is 5.43 Å². The van der Waals surface area contributed by atoms with Crippen LogP contribution in [0.25, 0.3) is 0 Å². The van der Waals surface area contributed by atoms with Crippen molar-refractivity contribution in [3.05, 3.63) is 0 Å². The molecule has 0 aromatic heterocycles. The summed E-state index contributed by atoms with van der Waals surface area (Å²) in [7, 11) is 0. The third-order valence-corrected chi connectivity index (χ3v) is 4.20. The summed E-state index contributed by atoms with van der Waals surface area (Å²) in [5, 5.41) is 4.10. The number of amides is 2. The minimum Gasteiger partial charge on any atom is -0.350 e. The standard InChI is InChI=1S/C11H19N3O/c1-6-4-7-8(11(7,2)3)5-9(6)13-14-10(12)15/h6-8H,4-5H2,1-3H3,(H3,12,14,15)/b13-9-/t6-,7+,8-/m1/s1. The number of urea groups is 1. The lowest BCUT2D eigenvalue weighted by Gasteiger charge is -2.18. The zero-order valence-electron chi connectivity index (χ0n) is 9.58. The Morgan fingerprint density at radius 1 is 1.53 bits per heavy atom. The Morgan fingerprint density at radius 3 is 2.80 bits per heavy atom. The van der Waals surface area contributed by atoms with Crippen LogP contribution in [0, 0.1) is 23.2 Å². The van der Waals surface area contributed by atoms with Crippen LogP contribution in [0.4, 0.5) is 4.79 Å². The molecule has 0 radical (unpaired) electrons. The van der Waals surface area contributed by atoms with Crippen LogP contribution < -0.4 is 11.2 Å². The van der Waals surface area contributed by atoms with Gasteiger partial charge >= 0.3 is 6.03 Å². The number of carbonyl (C=O) groups excluding carboxylic acids is 1. The predicted molar refractivity (Wildman–Crippen MR) is 59.3 cm³/mol. The second kappa shape index (κ2) is 3.22. The largest absolute Gasteiger partial charge is 0.350 e. The first kappa shape index (κ1) is 10.5. The second-order valence-corrected chi connectivity index (χ2v) is 5.45. The lowest BCUT2D eigenvalue weighted by atomic mass is 9.89. The van der Waals surface area contributed by atoms with Crippen LogP contribution >= 0.6 is 0 Å². The van der Waals surface area contributed by atoms with Gasteiger partial charge in [-0.2, -0.15) is 5.10 Å². The molecule has 0 aromatic carbocycles. The first-order chi connectivity index (χ1) is 6.93. The van der Waals surface area contributed by atoms with Gasteiger partial charge in [0.05, 0.1) is 0 Å².